The third kappa shape index (κ3) is 1.64. The fourth-order valence-electron chi connectivity index (χ4n) is 1.03. The molecule has 0 aromatic carbocycles. The molecule has 1 aromatic rings. The molecule has 0 saturated heterocycles. The van der Waals surface area contributed by atoms with Crippen molar-refractivity contribution in [3.63, 3.8) is 0 Å². The van der Waals surface area contributed by atoms with E-state index in [0.29, 0.717) is 0 Å². The molecule has 0 radical (unpaired) electrons. The Morgan fingerprint density at radius 2 is 2.36 bits per heavy atom. The quantitative estimate of drug-likeness (QED) is 0.591. The van der Waals surface area contributed by atoms with Crippen LogP contribution in [0, 0.1) is 6.92 Å². The van der Waals surface area contributed by atoms with Crippen molar-refractivity contribution in [3.05, 3.63) is 23.4 Å². The maximum absolute atomic E-state index is 4.14. The molecule has 0 unspecified atom stereocenters. The van der Waals surface area contributed by atoms with Gasteiger partial charge in [-0.15, -0.1) is 0 Å². The van der Waals surface area contributed by atoms with Gasteiger partial charge in [0, 0.05) is 6.20 Å². The molecule has 0 aliphatic rings. The molecule has 58 valence electrons. The van der Waals surface area contributed by atoms with E-state index in [0.717, 1.165) is 12.2 Å². The van der Waals surface area contributed by atoms with Crippen molar-refractivity contribution in [1.29, 1.82) is 0 Å². The van der Waals surface area contributed by atoms with E-state index < -0.39 is 0 Å². The average Bonchev–Trinajstić information content (AvgIpc) is 2.04. The van der Waals surface area contributed by atoms with Crippen molar-refractivity contribution < 1.29 is 0 Å². The van der Waals surface area contributed by atoms with E-state index in [1.807, 2.05) is 13.1 Å². The smallest absolute Gasteiger partial charge is 0.154 e. The molecule has 0 spiro atoms. The summed E-state index contributed by atoms with van der Waals surface area (Å²) in [6.45, 7) is 7.57. The summed E-state index contributed by atoms with van der Waals surface area (Å²) in [5.41, 5.74) is 2.34. The van der Waals surface area contributed by atoms with E-state index in [-0.39, 0.29) is 0 Å². The van der Waals surface area contributed by atoms with Crippen LogP contribution >= 0.6 is 0 Å². The van der Waals surface area contributed by atoms with Gasteiger partial charge in [0.05, 0.1) is 0 Å². The third-order valence-corrected chi connectivity index (χ3v) is 1.61. The van der Waals surface area contributed by atoms with Crippen molar-refractivity contribution in [2.75, 3.05) is 0 Å². The fraction of sp³-hybridized carbons (Fsp3) is 0.333. The molecular weight excluding hydrogens is 136 g/mol. The number of hydrogen-bond donors (Lipinski definition) is 0. The highest BCUT2D eigenvalue weighted by Gasteiger charge is 1.98. The summed E-state index contributed by atoms with van der Waals surface area (Å²) in [5, 5.41) is 0. The molecule has 0 N–H and O–H groups in total. The van der Waals surface area contributed by atoms with Gasteiger partial charge in [0.25, 0.3) is 0 Å². The summed E-state index contributed by atoms with van der Waals surface area (Å²) >= 11 is 0. The second-order valence-corrected chi connectivity index (χ2v) is 2.51. The highest BCUT2D eigenvalue weighted by atomic mass is 14.9. The highest BCUT2D eigenvalue weighted by Crippen LogP contribution is 2.16. The van der Waals surface area contributed by atoms with Crippen molar-refractivity contribution in [2.45, 2.75) is 20.3 Å². The third-order valence-electron chi connectivity index (χ3n) is 1.61. The Bertz CT molecular complexity index is 266. The first-order valence-electron chi connectivity index (χ1n) is 3.70. The molecule has 0 aliphatic heterocycles. The summed E-state index contributed by atoms with van der Waals surface area (Å²) in [4.78, 5) is 7.96. The number of nitrogens with zero attached hydrogens (tertiary/aromatic N) is 2. The summed E-state index contributed by atoms with van der Waals surface area (Å²) in [7, 11) is 0. The van der Waals surface area contributed by atoms with Crippen molar-refractivity contribution in [1.82, 2.24) is 4.98 Å². The van der Waals surface area contributed by atoms with Crippen LogP contribution in [-0.2, 0) is 6.42 Å². The molecule has 11 heavy (non-hydrogen) atoms. The molecule has 0 atom stereocenters. The summed E-state index contributed by atoms with van der Waals surface area (Å²) in [6, 6.07) is 2.09. The zero-order valence-electron chi connectivity index (χ0n) is 6.96. The molecule has 0 saturated carbocycles. The van der Waals surface area contributed by atoms with E-state index in [1.54, 1.807) is 0 Å². The molecular formula is C9H12N2. The van der Waals surface area contributed by atoms with E-state index >= 15 is 0 Å². The van der Waals surface area contributed by atoms with Gasteiger partial charge in [-0.2, -0.15) is 0 Å². The Kier molecular flexibility index (Phi) is 2.36. The van der Waals surface area contributed by atoms with Gasteiger partial charge in [0.1, 0.15) is 0 Å². The largest absolute Gasteiger partial charge is 0.245 e. The topological polar surface area (TPSA) is 25.2 Å². The Labute approximate surface area is 67.0 Å². The number of rotatable bonds is 2. The second-order valence-electron chi connectivity index (χ2n) is 2.51. The van der Waals surface area contributed by atoms with Gasteiger partial charge in [-0.1, -0.05) is 13.0 Å². The van der Waals surface area contributed by atoms with Crippen LogP contribution in [0.15, 0.2) is 17.3 Å². The zero-order valence-corrected chi connectivity index (χ0v) is 6.96. The minimum Gasteiger partial charge on any atom is -0.245 e. The van der Waals surface area contributed by atoms with Gasteiger partial charge >= 0.3 is 0 Å². The van der Waals surface area contributed by atoms with Crippen LogP contribution in [0.25, 0.3) is 0 Å². The van der Waals surface area contributed by atoms with E-state index in [4.69, 9.17) is 0 Å². The van der Waals surface area contributed by atoms with Crippen LogP contribution in [0.5, 0.6) is 0 Å². The van der Waals surface area contributed by atoms with Gasteiger partial charge in [-0.25, -0.2) is 9.98 Å². The fourth-order valence-corrected chi connectivity index (χ4v) is 1.03. The highest BCUT2D eigenvalue weighted by molar-refractivity contribution is 5.46. The van der Waals surface area contributed by atoms with Gasteiger partial charge in [0.15, 0.2) is 5.82 Å². The normalized spacial score (nSPS) is 9.64. The minimum atomic E-state index is 0.762. The van der Waals surface area contributed by atoms with Crippen LogP contribution in [0.1, 0.15) is 18.1 Å². The van der Waals surface area contributed by atoms with E-state index in [2.05, 4.69) is 29.7 Å². The summed E-state index contributed by atoms with van der Waals surface area (Å²) in [5.74, 6) is 0.762. The van der Waals surface area contributed by atoms with E-state index in [9.17, 15) is 0 Å². The van der Waals surface area contributed by atoms with E-state index in [1.165, 1.54) is 11.1 Å². The molecule has 0 aliphatic carbocycles. The first-order chi connectivity index (χ1) is 5.27. The zero-order chi connectivity index (χ0) is 8.27. The average molecular weight is 148 g/mol. The second kappa shape index (κ2) is 3.28. The first kappa shape index (κ1) is 7.92. The number of aryl methyl sites for hydroxylation is 2. The monoisotopic (exact) mass is 148 g/mol. The number of pyridine rings is 1. The van der Waals surface area contributed by atoms with Crippen LogP contribution in [0.4, 0.5) is 5.82 Å². The van der Waals surface area contributed by atoms with Gasteiger partial charge < -0.3 is 0 Å². The Morgan fingerprint density at radius 3 is 2.91 bits per heavy atom. The SMILES string of the molecule is C=Nc1ncc(C)cc1CC. The molecule has 0 fully saturated rings. The van der Waals surface area contributed by atoms with Gasteiger partial charge in [-0.3, -0.25) is 0 Å². The lowest BCUT2D eigenvalue weighted by Gasteiger charge is -2.01. The lowest BCUT2D eigenvalue weighted by Crippen LogP contribution is -1.86. The molecule has 1 rings (SSSR count). The Morgan fingerprint density at radius 1 is 1.64 bits per heavy atom. The van der Waals surface area contributed by atoms with Crippen LogP contribution in [0.2, 0.25) is 0 Å². The first-order valence-corrected chi connectivity index (χ1v) is 3.70. The lowest BCUT2D eigenvalue weighted by molar-refractivity contribution is 1.08. The van der Waals surface area contributed by atoms with Crippen LogP contribution in [0.3, 0.4) is 0 Å². The molecule has 2 nitrogen and oxygen atoms in total. The Hall–Kier alpha value is -1.18. The van der Waals surface area contributed by atoms with Crippen LogP contribution in [-0.4, -0.2) is 11.7 Å². The summed E-state index contributed by atoms with van der Waals surface area (Å²) < 4.78 is 0. The maximum Gasteiger partial charge on any atom is 0.154 e. The predicted molar refractivity (Wildman–Crippen MR) is 47.6 cm³/mol. The minimum absolute atomic E-state index is 0.762. The molecule has 1 heterocycles. The van der Waals surface area contributed by atoms with Crippen LogP contribution < -0.4 is 0 Å². The van der Waals surface area contributed by atoms with Crippen molar-refractivity contribution >= 4 is 12.5 Å². The molecule has 0 bridgehead atoms. The van der Waals surface area contributed by atoms with Gasteiger partial charge in [0.2, 0.25) is 0 Å². The maximum atomic E-state index is 4.14. The number of aliphatic imine (C=N–C) groups is 1. The lowest BCUT2D eigenvalue weighted by atomic mass is 10.1. The Balaban J connectivity index is 3.16. The summed E-state index contributed by atoms with van der Waals surface area (Å²) in [6.07, 6.45) is 2.77. The molecule has 1 aromatic heterocycles. The van der Waals surface area contributed by atoms with Crippen molar-refractivity contribution in [2.24, 2.45) is 4.99 Å². The van der Waals surface area contributed by atoms with Crippen molar-refractivity contribution in [3.8, 4) is 0 Å². The molecule has 2 heteroatoms. The predicted octanol–water partition coefficient (Wildman–Crippen LogP) is 2.28. The number of hydrogen-bond acceptors (Lipinski definition) is 2. The molecule has 0 amide bonds. The number of aromatic nitrogens is 1. The standard InChI is InChI=1S/C9H12N2/c1-4-8-5-7(2)6-11-9(8)10-3/h5-6H,3-4H2,1-2H3. The van der Waals surface area contributed by atoms with Gasteiger partial charge in [-0.05, 0) is 31.2 Å².